The molecule has 0 fully saturated rings. The molecule has 112 valence electrons. The van der Waals surface area contributed by atoms with Gasteiger partial charge in [-0.3, -0.25) is 0 Å². The van der Waals surface area contributed by atoms with Crippen molar-refractivity contribution in [2.45, 2.75) is 32.9 Å². The third kappa shape index (κ3) is 3.76. The van der Waals surface area contributed by atoms with E-state index in [4.69, 9.17) is 15.2 Å². The number of hydrogen-bond donors (Lipinski definition) is 1. The summed E-state index contributed by atoms with van der Waals surface area (Å²) in [5, 5.41) is 0. The molecule has 0 bridgehead atoms. The SMILES string of the molecule is CC[C@H](N)c1ccccc1OCc1cc(C)ccc1OC. The third-order valence-electron chi connectivity index (χ3n) is 3.58. The molecule has 2 rings (SSSR count). The zero-order valence-corrected chi connectivity index (χ0v) is 12.9. The summed E-state index contributed by atoms with van der Waals surface area (Å²) in [6.07, 6.45) is 0.883. The van der Waals surface area contributed by atoms with Crippen LogP contribution in [0.5, 0.6) is 11.5 Å². The summed E-state index contributed by atoms with van der Waals surface area (Å²) < 4.78 is 11.4. The molecule has 2 aromatic rings. The van der Waals surface area contributed by atoms with E-state index < -0.39 is 0 Å². The van der Waals surface area contributed by atoms with E-state index in [-0.39, 0.29) is 6.04 Å². The first kappa shape index (κ1) is 15.4. The Morgan fingerprint density at radius 1 is 1.10 bits per heavy atom. The van der Waals surface area contributed by atoms with E-state index in [1.54, 1.807) is 7.11 Å². The van der Waals surface area contributed by atoms with E-state index >= 15 is 0 Å². The van der Waals surface area contributed by atoms with E-state index in [9.17, 15) is 0 Å². The highest BCUT2D eigenvalue weighted by atomic mass is 16.5. The highest BCUT2D eigenvalue weighted by molar-refractivity contribution is 5.39. The second-order valence-electron chi connectivity index (χ2n) is 5.16. The summed E-state index contributed by atoms with van der Waals surface area (Å²) in [5.41, 5.74) is 9.41. The molecule has 2 aromatic carbocycles. The normalized spacial score (nSPS) is 12.0. The van der Waals surface area contributed by atoms with Crippen LogP contribution in [0.4, 0.5) is 0 Å². The molecule has 0 radical (unpaired) electrons. The van der Waals surface area contributed by atoms with Crippen LogP contribution in [0.2, 0.25) is 0 Å². The lowest BCUT2D eigenvalue weighted by Crippen LogP contribution is -2.11. The Hall–Kier alpha value is -2.00. The predicted molar refractivity (Wildman–Crippen MR) is 85.7 cm³/mol. The minimum absolute atomic E-state index is 0.000560. The van der Waals surface area contributed by atoms with Crippen LogP contribution in [-0.2, 0) is 6.61 Å². The van der Waals surface area contributed by atoms with Gasteiger partial charge in [-0.25, -0.2) is 0 Å². The monoisotopic (exact) mass is 285 g/mol. The quantitative estimate of drug-likeness (QED) is 0.872. The van der Waals surface area contributed by atoms with Gasteiger partial charge in [0.2, 0.25) is 0 Å². The smallest absolute Gasteiger partial charge is 0.125 e. The number of rotatable bonds is 6. The summed E-state index contributed by atoms with van der Waals surface area (Å²) in [6.45, 7) is 4.60. The lowest BCUT2D eigenvalue weighted by Gasteiger charge is -2.16. The number of ether oxygens (including phenoxy) is 2. The van der Waals surface area contributed by atoms with Crippen LogP contribution in [0.15, 0.2) is 42.5 Å². The van der Waals surface area contributed by atoms with Gasteiger partial charge >= 0.3 is 0 Å². The minimum Gasteiger partial charge on any atom is -0.496 e. The maximum absolute atomic E-state index is 6.14. The van der Waals surface area contributed by atoms with Gasteiger partial charge in [-0.2, -0.15) is 0 Å². The van der Waals surface area contributed by atoms with E-state index in [1.165, 1.54) is 5.56 Å². The molecule has 0 aliphatic carbocycles. The van der Waals surface area contributed by atoms with Crippen molar-refractivity contribution in [3.8, 4) is 11.5 Å². The van der Waals surface area contributed by atoms with Crippen molar-refractivity contribution in [1.82, 2.24) is 0 Å². The van der Waals surface area contributed by atoms with Crippen molar-refractivity contribution in [2.24, 2.45) is 5.73 Å². The summed E-state index contributed by atoms with van der Waals surface area (Å²) >= 11 is 0. The van der Waals surface area contributed by atoms with Gasteiger partial charge in [0.25, 0.3) is 0 Å². The molecule has 0 saturated heterocycles. The molecule has 2 N–H and O–H groups in total. The Balaban J connectivity index is 2.19. The number of nitrogens with two attached hydrogens (primary N) is 1. The van der Waals surface area contributed by atoms with Crippen molar-refractivity contribution in [3.05, 3.63) is 59.2 Å². The van der Waals surface area contributed by atoms with Crippen LogP contribution in [0.3, 0.4) is 0 Å². The second-order valence-corrected chi connectivity index (χ2v) is 5.16. The van der Waals surface area contributed by atoms with Crippen molar-refractivity contribution in [2.75, 3.05) is 7.11 Å². The average molecular weight is 285 g/mol. The number of aryl methyl sites for hydroxylation is 1. The minimum atomic E-state index is 0.000560. The van der Waals surface area contributed by atoms with Crippen LogP contribution < -0.4 is 15.2 Å². The molecule has 0 aliphatic heterocycles. The van der Waals surface area contributed by atoms with E-state index in [0.717, 1.165) is 29.0 Å². The zero-order chi connectivity index (χ0) is 15.2. The third-order valence-corrected chi connectivity index (χ3v) is 3.58. The summed E-state index contributed by atoms with van der Waals surface area (Å²) in [6, 6.07) is 14.0. The Labute approximate surface area is 126 Å². The topological polar surface area (TPSA) is 44.5 Å². The Morgan fingerprint density at radius 3 is 2.57 bits per heavy atom. The molecule has 3 nitrogen and oxygen atoms in total. The van der Waals surface area contributed by atoms with Gasteiger partial charge in [0, 0.05) is 17.2 Å². The van der Waals surface area contributed by atoms with Gasteiger partial charge in [0.1, 0.15) is 18.1 Å². The molecule has 21 heavy (non-hydrogen) atoms. The van der Waals surface area contributed by atoms with Gasteiger partial charge in [0.15, 0.2) is 0 Å². The summed E-state index contributed by atoms with van der Waals surface area (Å²) in [4.78, 5) is 0. The number of para-hydroxylation sites is 1. The molecule has 0 unspecified atom stereocenters. The van der Waals surface area contributed by atoms with Crippen molar-refractivity contribution in [3.63, 3.8) is 0 Å². The highest BCUT2D eigenvalue weighted by Gasteiger charge is 2.11. The first-order chi connectivity index (χ1) is 10.2. The largest absolute Gasteiger partial charge is 0.496 e. The highest BCUT2D eigenvalue weighted by Crippen LogP contribution is 2.27. The van der Waals surface area contributed by atoms with Gasteiger partial charge in [-0.05, 0) is 31.5 Å². The predicted octanol–water partition coefficient (Wildman–Crippen LogP) is 3.99. The van der Waals surface area contributed by atoms with Gasteiger partial charge < -0.3 is 15.2 Å². The fourth-order valence-electron chi connectivity index (χ4n) is 2.31. The fraction of sp³-hybridized carbons (Fsp3) is 0.333. The van der Waals surface area contributed by atoms with Crippen LogP contribution in [0.25, 0.3) is 0 Å². The second kappa shape index (κ2) is 7.14. The number of benzene rings is 2. The number of methoxy groups -OCH3 is 1. The van der Waals surface area contributed by atoms with Crippen LogP contribution in [0, 0.1) is 6.92 Å². The molecule has 1 atom stereocenters. The van der Waals surface area contributed by atoms with Crippen LogP contribution in [0.1, 0.15) is 36.1 Å². The maximum Gasteiger partial charge on any atom is 0.125 e. The Morgan fingerprint density at radius 2 is 1.86 bits per heavy atom. The van der Waals surface area contributed by atoms with Gasteiger partial charge in [0.05, 0.1) is 7.11 Å². The molecule has 0 aliphatic rings. The average Bonchev–Trinajstić information content (AvgIpc) is 2.52. The van der Waals surface area contributed by atoms with Gasteiger partial charge in [-0.1, -0.05) is 36.8 Å². The Bertz CT molecular complexity index is 596. The fourth-order valence-corrected chi connectivity index (χ4v) is 2.31. The molecule has 0 spiro atoms. The maximum atomic E-state index is 6.14. The summed E-state index contributed by atoms with van der Waals surface area (Å²) in [5.74, 6) is 1.69. The van der Waals surface area contributed by atoms with E-state index in [0.29, 0.717) is 6.61 Å². The molecular formula is C18H23NO2. The zero-order valence-electron chi connectivity index (χ0n) is 12.9. The van der Waals surface area contributed by atoms with Crippen molar-refractivity contribution < 1.29 is 9.47 Å². The number of hydrogen-bond acceptors (Lipinski definition) is 3. The van der Waals surface area contributed by atoms with Crippen molar-refractivity contribution in [1.29, 1.82) is 0 Å². The lowest BCUT2D eigenvalue weighted by molar-refractivity contribution is 0.292. The molecule has 0 aromatic heterocycles. The molecule has 0 heterocycles. The standard InChI is InChI=1S/C18H23NO2/c1-4-16(19)15-7-5-6-8-18(15)21-12-14-11-13(2)9-10-17(14)20-3/h5-11,16H,4,12,19H2,1-3H3/t16-/m0/s1. The summed E-state index contributed by atoms with van der Waals surface area (Å²) in [7, 11) is 1.68. The molecule has 0 saturated carbocycles. The lowest BCUT2D eigenvalue weighted by atomic mass is 10.0. The first-order valence-corrected chi connectivity index (χ1v) is 7.26. The Kier molecular flexibility index (Phi) is 5.23. The van der Waals surface area contributed by atoms with Crippen molar-refractivity contribution >= 4 is 0 Å². The molecular weight excluding hydrogens is 262 g/mol. The van der Waals surface area contributed by atoms with E-state index in [1.807, 2.05) is 36.4 Å². The van der Waals surface area contributed by atoms with Gasteiger partial charge in [-0.15, -0.1) is 0 Å². The molecule has 3 heteroatoms. The van der Waals surface area contributed by atoms with Crippen LogP contribution in [-0.4, -0.2) is 7.11 Å². The van der Waals surface area contributed by atoms with Crippen LogP contribution >= 0.6 is 0 Å². The van der Waals surface area contributed by atoms with E-state index in [2.05, 4.69) is 19.9 Å². The molecule has 0 amide bonds. The first-order valence-electron chi connectivity index (χ1n) is 7.26.